The van der Waals surface area contributed by atoms with Crippen molar-refractivity contribution in [3.63, 3.8) is 0 Å². The Morgan fingerprint density at radius 3 is 2.63 bits per heavy atom. The van der Waals surface area contributed by atoms with E-state index < -0.39 is 0 Å². The molecule has 0 aliphatic carbocycles. The summed E-state index contributed by atoms with van der Waals surface area (Å²) >= 11 is 12.7. The second-order valence-electron chi connectivity index (χ2n) is 6.81. The summed E-state index contributed by atoms with van der Waals surface area (Å²) in [6, 6.07) is 11.5. The molecular formula is C21H26Cl2N2O2. The quantitative estimate of drug-likeness (QED) is 0.665. The third-order valence-electron chi connectivity index (χ3n) is 4.84. The van der Waals surface area contributed by atoms with E-state index in [2.05, 4.69) is 10.6 Å². The molecule has 0 amide bonds. The van der Waals surface area contributed by atoms with Crippen molar-refractivity contribution in [3.05, 3.63) is 57.6 Å². The average molecular weight is 409 g/mol. The number of piperidine rings is 1. The molecule has 0 radical (unpaired) electrons. The van der Waals surface area contributed by atoms with Gasteiger partial charge in [-0.25, -0.2) is 0 Å². The van der Waals surface area contributed by atoms with E-state index in [9.17, 15) is 0 Å². The summed E-state index contributed by atoms with van der Waals surface area (Å²) in [6.07, 6.45) is 2.46. The lowest BCUT2D eigenvalue weighted by molar-refractivity contribution is 0.284. The summed E-state index contributed by atoms with van der Waals surface area (Å²) in [7, 11) is 1.63. The van der Waals surface area contributed by atoms with Gasteiger partial charge in [0, 0.05) is 17.1 Å². The SMILES string of the molecule is COc1cc(CNCC2CCNCC2)cc(Cl)c1OCc1ccccc1Cl. The van der Waals surface area contributed by atoms with Crippen LogP contribution in [0.25, 0.3) is 0 Å². The third kappa shape index (κ3) is 5.76. The fourth-order valence-corrected chi connectivity index (χ4v) is 3.77. The van der Waals surface area contributed by atoms with Gasteiger partial charge in [0.1, 0.15) is 6.61 Å². The molecule has 0 saturated carbocycles. The minimum atomic E-state index is 0.336. The summed E-state index contributed by atoms with van der Waals surface area (Å²) in [5.74, 6) is 1.91. The normalized spacial score (nSPS) is 14.9. The zero-order chi connectivity index (χ0) is 19.1. The number of methoxy groups -OCH3 is 1. The maximum absolute atomic E-state index is 6.47. The van der Waals surface area contributed by atoms with Gasteiger partial charge in [-0.2, -0.15) is 0 Å². The van der Waals surface area contributed by atoms with Crippen molar-refractivity contribution in [3.8, 4) is 11.5 Å². The molecule has 1 heterocycles. The van der Waals surface area contributed by atoms with E-state index in [1.165, 1.54) is 12.8 Å². The van der Waals surface area contributed by atoms with Gasteiger partial charge in [-0.05, 0) is 62.2 Å². The van der Waals surface area contributed by atoms with Crippen LogP contribution in [-0.2, 0) is 13.2 Å². The van der Waals surface area contributed by atoms with Crippen molar-refractivity contribution < 1.29 is 9.47 Å². The lowest BCUT2D eigenvalue weighted by Gasteiger charge is -2.23. The van der Waals surface area contributed by atoms with E-state index in [-0.39, 0.29) is 0 Å². The van der Waals surface area contributed by atoms with Crippen molar-refractivity contribution >= 4 is 23.2 Å². The van der Waals surface area contributed by atoms with Crippen LogP contribution in [-0.4, -0.2) is 26.7 Å². The zero-order valence-electron chi connectivity index (χ0n) is 15.6. The number of hydrogen-bond acceptors (Lipinski definition) is 4. The Morgan fingerprint density at radius 1 is 1.11 bits per heavy atom. The first-order valence-corrected chi connectivity index (χ1v) is 10.1. The highest BCUT2D eigenvalue weighted by molar-refractivity contribution is 6.32. The van der Waals surface area contributed by atoms with Crippen LogP contribution in [0.5, 0.6) is 11.5 Å². The van der Waals surface area contributed by atoms with Gasteiger partial charge >= 0.3 is 0 Å². The van der Waals surface area contributed by atoms with E-state index in [1.54, 1.807) is 7.11 Å². The van der Waals surface area contributed by atoms with Crippen molar-refractivity contribution in [1.82, 2.24) is 10.6 Å². The van der Waals surface area contributed by atoms with Crippen LogP contribution >= 0.6 is 23.2 Å². The van der Waals surface area contributed by atoms with Gasteiger partial charge < -0.3 is 20.1 Å². The van der Waals surface area contributed by atoms with Crippen molar-refractivity contribution in [2.75, 3.05) is 26.7 Å². The van der Waals surface area contributed by atoms with Crippen LogP contribution in [0.2, 0.25) is 10.0 Å². The fourth-order valence-electron chi connectivity index (χ4n) is 3.29. The molecule has 0 aromatic heterocycles. The van der Waals surface area contributed by atoms with Gasteiger partial charge in [-0.15, -0.1) is 0 Å². The molecule has 27 heavy (non-hydrogen) atoms. The second kappa shape index (κ2) is 10.2. The third-order valence-corrected chi connectivity index (χ3v) is 5.49. The average Bonchev–Trinajstić information content (AvgIpc) is 2.69. The molecule has 1 saturated heterocycles. The zero-order valence-corrected chi connectivity index (χ0v) is 17.1. The maximum atomic E-state index is 6.47. The first-order chi connectivity index (χ1) is 13.2. The Bertz CT molecular complexity index is 749. The van der Waals surface area contributed by atoms with Gasteiger partial charge in [0.15, 0.2) is 11.5 Å². The molecule has 1 aliphatic rings. The lowest BCUT2D eigenvalue weighted by atomic mass is 9.98. The molecule has 6 heteroatoms. The van der Waals surface area contributed by atoms with Crippen molar-refractivity contribution in [2.45, 2.75) is 26.0 Å². The molecular weight excluding hydrogens is 383 g/mol. The summed E-state index contributed by atoms with van der Waals surface area (Å²) in [6.45, 7) is 4.34. The topological polar surface area (TPSA) is 42.5 Å². The highest BCUT2D eigenvalue weighted by Gasteiger charge is 2.15. The molecule has 2 N–H and O–H groups in total. The van der Waals surface area contributed by atoms with E-state index in [1.807, 2.05) is 36.4 Å². The number of rotatable bonds is 8. The van der Waals surface area contributed by atoms with Crippen LogP contribution < -0.4 is 20.1 Å². The summed E-state index contributed by atoms with van der Waals surface area (Å²) in [4.78, 5) is 0. The highest BCUT2D eigenvalue weighted by Crippen LogP contribution is 2.37. The van der Waals surface area contributed by atoms with Gasteiger partial charge in [0.2, 0.25) is 0 Å². The predicted molar refractivity (Wildman–Crippen MR) is 111 cm³/mol. The number of nitrogens with one attached hydrogen (secondary N) is 2. The molecule has 1 aliphatic heterocycles. The van der Waals surface area contributed by atoms with Gasteiger partial charge in [0.05, 0.1) is 12.1 Å². The van der Waals surface area contributed by atoms with Gasteiger partial charge in [-0.1, -0.05) is 41.4 Å². The Morgan fingerprint density at radius 2 is 1.89 bits per heavy atom. The maximum Gasteiger partial charge on any atom is 0.180 e. The Balaban J connectivity index is 1.61. The molecule has 0 atom stereocenters. The van der Waals surface area contributed by atoms with Crippen LogP contribution in [0.3, 0.4) is 0 Å². The van der Waals surface area contributed by atoms with Crippen molar-refractivity contribution in [1.29, 1.82) is 0 Å². The van der Waals surface area contributed by atoms with E-state index >= 15 is 0 Å². The lowest BCUT2D eigenvalue weighted by Crippen LogP contribution is -2.33. The number of hydrogen-bond donors (Lipinski definition) is 2. The molecule has 146 valence electrons. The minimum Gasteiger partial charge on any atom is -0.493 e. The monoisotopic (exact) mass is 408 g/mol. The van der Waals surface area contributed by atoms with Crippen LogP contribution in [0, 0.1) is 5.92 Å². The second-order valence-corrected chi connectivity index (χ2v) is 7.63. The minimum absolute atomic E-state index is 0.336. The number of halogens is 2. The highest BCUT2D eigenvalue weighted by atomic mass is 35.5. The van der Waals surface area contributed by atoms with Crippen LogP contribution in [0.4, 0.5) is 0 Å². The molecule has 4 nitrogen and oxygen atoms in total. The molecule has 2 aromatic rings. The van der Waals surface area contributed by atoms with Crippen molar-refractivity contribution in [2.24, 2.45) is 5.92 Å². The van der Waals surface area contributed by atoms with E-state index in [4.69, 9.17) is 32.7 Å². The number of benzene rings is 2. The molecule has 3 rings (SSSR count). The molecule has 0 spiro atoms. The Hall–Kier alpha value is -1.46. The molecule has 1 fully saturated rings. The Labute approximate surface area is 171 Å². The summed E-state index contributed by atoms with van der Waals surface area (Å²) in [5.41, 5.74) is 1.99. The molecule has 2 aromatic carbocycles. The number of ether oxygens (including phenoxy) is 2. The van der Waals surface area contributed by atoms with Crippen LogP contribution in [0.15, 0.2) is 36.4 Å². The molecule has 0 bridgehead atoms. The first-order valence-electron chi connectivity index (χ1n) is 9.31. The fraction of sp³-hybridized carbons (Fsp3) is 0.429. The Kier molecular flexibility index (Phi) is 7.65. The largest absolute Gasteiger partial charge is 0.493 e. The molecule has 0 unspecified atom stereocenters. The standard InChI is InChI=1S/C21H26Cl2N2O2/c1-26-20-11-16(13-25-12-15-6-8-24-9-7-15)10-19(23)21(20)27-14-17-4-2-3-5-18(17)22/h2-5,10-11,15,24-25H,6-9,12-14H2,1H3. The van der Waals surface area contributed by atoms with E-state index in [0.717, 1.165) is 43.2 Å². The van der Waals surface area contributed by atoms with E-state index in [0.29, 0.717) is 28.2 Å². The van der Waals surface area contributed by atoms with Gasteiger partial charge in [-0.3, -0.25) is 0 Å². The summed E-state index contributed by atoms with van der Waals surface area (Å²) < 4.78 is 11.4. The van der Waals surface area contributed by atoms with Crippen LogP contribution in [0.1, 0.15) is 24.0 Å². The summed E-state index contributed by atoms with van der Waals surface area (Å²) in [5, 5.41) is 8.14. The smallest absolute Gasteiger partial charge is 0.180 e. The predicted octanol–water partition coefficient (Wildman–Crippen LogP) is 4.67. The first kappa shape index (κ1) is 20.3. The van der Waals surface area contributed by atoms with Gasteiger partial charge in [0.25, 0.3) is 0 Å².